The Labute approximate surface area is 205 Å². The average molecular weight is 477 g/mol. The van der Waals surface area contributed by atoms with Gasteiger partial charge < -0.3 is 15.2 Å². The first-order valence-corrected chi connectivity index (χ1v) is 12.8. The monoisotopic (exact) mass is 476 g/mol. The van der Waals surface area contributed by atoms with Crippen LogP contribution in [-0.2, 0) is 12.8 Å². The first-order valence-electron chi connectivity index (χ1n) is 12.0. The van der Waals surface area contributed by atoms with Gasteiger partial charge in [0.25, 0.3) is 5.91 Å². The summed E-state index contributed by atoms with van der Waals surface area (Å²) in [6, 6.07) is 11.1. The van der Waals surface area contributed by atoms with E-state index >= 15 is 0 Å². The molecule has 0 aliphatic heterocycles. The van der Waals surface area contributed by atoms with Gasteiger partial charge in [0.05, 0.1) is 12.2 Å². The van der Waals surface area contributed by atoms with Crippen molar-refractivity contribution in [1.82, 2.24) is 0 Å². The van der Waals surface area contributed by atoms with Crippen LogP contribution in [-0.4, -0.2) is 23.8 Å². The maximum absolute atomic E-state index is 13.6. The normalized spacial score (nSPS) is 13.9. The first-order chi connectivity index (χ1) is 16.5. The SMILES string of the molecule is CCOc1cc(C=Nc2sc3c(c2C(=O)Nc2cccc(C)c2C)CCCCCC3)ccc1O. The van der Waals surface area contributed by atoms with Crippen molar-refractivity contribution in [2.75, 3.05) is 11.9 Å². The predicted molar refractivity (Wildman–Crippen MR) is 141 cm³/mol. The molecule has 0 atom stereocenters. The average Bonchev–Trinajstić information content (AvgIpc) is 3.14. The van der Waals surface area contributed by atoms with E-state index in [0.29, 0.717) is 17.9 Å². The van der Waals surface area contributed by atoms with Crippen LogP contribution in [0, 0.1) is 13.8 Å². The van der Waals surface area contributed by atoms with E-state index in [-0.39, 0.29) is 11.7 Å². The maximum atomic E-state index is 13.6. The van der Waals surface area contributed by atoms with Gasteiger partial charge in [0, 0.05) is 16.8 Å². The highest BCUT2D eigenvalue weighted by atomic mass is 32.1. The van der Waals surface area contributed by atoms with E-state index in [1.165, 1.54) is 17.7 Å². The second-order valence-corrected chi connectivity index (χ2v) is 9.80. The summed E-state index contributed by atoms with van der Waals surface area (Å²) in [7, 11) is 0. The Balaban J connectivity index is 1.71. The highest BCUT2D eigenvalue weighted by Gasteiger charge is 2.24. The molecule has 1 amide bonds. The van der Waals surface area contributed by atoms with Gasteiger partial charge in [0.1, 0.15) is 5.00 Å². The Kier molecular flexibility index (Phi) is 7.68. The van der Waals surface area contributed by atoms with Gasteiger partial charge in [-0.15, -0.1) is 11.3 Å². The number of benzene rings is 2. The van der Waals surface area contributed by atoms with Crippen LogP contribution >= 0.6 is 11.3 Å². The molecule has 4 rings (SSSR count). The lowest BCUT2D eigenvalue weighted by Gasteiger charge is -2.13. The second kappa shape index (κ2) is 10.9. The van der Waals surface area contributed by atoms with Crippen LogP contribution < -0.4 is 10.1 Å². The summed E-state index contributed by atoms with van der Waals surface area (Å²) in [4.78, 5) is 19.6. The minimum atomic E-state index is -0.0976. The molecule has 2 aromatic carbocycles. The van der Waals surface area contributed by atoms with Gasteiger partial charge in [-0.3, -0.25) is 4.79 Å². The van der Waals surface area contributed by atoms with Crippen LogP contribution in [0.15, 0.2) is 41.4 Å². The fourth-order valence-electron chi connectivity index (χ4n) is 4.32. The summed E-state index contributed by atoms with van der Waals surface area (Å²) in [5.74, 6) is 0.434. The summed E-state index contributed by atoms with van der Waals surface area (Å²) in [5, 5.41) is 13.9. The number of aromatic hydroxyl groups is 1. The fraction of sp³-hybridized carbons (Fsp3) is 0.357. The number of hydrogen-bond donors (Lipinski definition) is 2. The van der Waals surface area contributed by atoms with Crippen LogP contribution in [0.1, 0.15) is 70.1 Å². The van der Waals surface area contributed by atoms with Gasteiger partial charge >= 0.3 is 0 Å². The number of rotatable bonds is 6. The summed E-state index contributed by atoms with van der Waals surface area (Å²) >= 11 is 1.63. The third-order valence-electron chi connectivity index (χ3n) is 6.35. The molecule has 0 bridgehead atoms. The molecular weight excluding hydrogens is 444 g/mol. The Morgan fingerprint density at radius 3 is 2.74 bits per heavy atom. The highest BCUT2D eigenvalue weighted by Crippen LogP contribution is 2.39. The number of ether oxygens (including phenoxy) is 1. The van der Waals surface area contributed by atoms with E-state index in [1.807, 2.05) is 26.0 Å². The van der Waals surface area contributed by atoms with Gasteiger partial charge in [-0.25, -0.2) is 4.99 Å². The topological polar surface area (TPSA) is 70.9 Å². The number of nitrogens with zero attached hydrogens (tertiary/aromatic N) is 1. The Bertz CT molecular complexity index is 1210. The smallest absolute Gasteiger partial charge is 0.259 e. The molecule has 0 fully saturated rings. The van der Waals surface area contributed by atoms with Gasteiger partial charge in [0.15, 0.2) is 11.5 Å². The van der Waals surface area contributed by atoms with Crippen molar-refractivity contribution < 1.29 is 14.6 Å². The van der Waals surface area contributed by atoms with Crippen molar-refractivity contribution in [3.63, 3.8) is 0 Å². The van der Waals surface area contributed by atoms with E-state index in [1.54, 1.807) is 35.8 Å². The maximum Gasteiger partial charge on any atom is 0.259 e. The third-order valence-corrected chi connectivity index (χ3v) is 7.55. The highest BCUT2D eigenvalue weighted by molar-refractivity contribution is 7.16. The second-order valence-electron chi connectivity index (χ2n) is 8.72. The van der Waals surface area contributed by atoms with Crippen LogP contribution in [0.25, 0.3) is 0 Å². The summed E-state index contributed by atoms with van der Waals surface area (Å²) in [6.07, 6.45) is 8.30. The summed E-state index contributed by atoms with van der Waals surface area (Å²) in [5.41, 5.74) is 5.72. The van der Waals surface area contributed by atoms with Crippen molar-refractivity contribution in [3.8, 4) is 11.5 Å². The molecule has 0 radical (unpaired) electrons. The van der Waals surface area contributed by atoms with Crippen LogP contribution in [0.3, 0.4) is 0 Å². The number of phenols is 1. The Hall–Kier alpha value is -3.12. The molecule has 1 aliphatic rings. The van der Waals surface area contributed by atoms with Crippen LogP contribution in [0.4, 0.5) is 10.7 Å². The number of carbonyl (C=O) groups excluding carboxylic acids is 1. The fourth-order valence-corrected chi connectivity index (χ4v) is 5.55. The molecule has 1 heterocycles. The van der Waals surface area contributed by atoms with E-state index in [4.69, 9.17) is 9.73 Å². The minimum Gasteiger partial charge on any atom is -0.504 e. The van der Waals surface area contributed by atoms with E-state index < -0.39 is 0 Å². The number of hydrogen-bond acceptors (Lipinski definition) is 5. The lowest BCUT2D eigenvalue weighted by Crippen LogP contribution is -2.15. The van der Waals surface area contributed by atoms with Crippen molar-refractivity contribution in [1.29, 1.82) is 0 Å². The zero-order valence-electron chi connectivity index (χ0n) is 20.1. The zero-order chi connectivity index (χ0) is 24.1. The molecule has 0 spiro atoms. The molecular formula is C28H32N2O3S. The van der Waals surface area contributed by atoms with Gasteiger partial charge in [-0.1, -0.05) is 25.0 Å². The standard InChI is InChI=1S/C28H32N2O3S/c1-4-33-24-16-20(14-15-23(24)31)17-29-28-26(21-11-7-5-6-8-13-25(21)34-28)27(32)30-22-12-9-10-18(2)19(22)3/h9-10,12,14-17,31H,4-8,11,13H2,1-3H3,(H,30,32). The molecule has 1 aromatic heterocycles. The van der Waals surface area contributed by atoms with Crippen molar-refractivity contribution in [3.05, 3.63) is 69.1 Å². The Morgan fingerprint density at radius 1 is 1.15 bits per heavy atom. The molecule has 0 saturated heterocycles. The van der Waals surface area contributed by atoms with Crippen LogP contribution in [0.5, 0.6) is 11.5 Å². The number of phenolic OH excluding ortho intramolecular Hbond substituents is 1. The van der Waals surface area contributed by atoms with Gasteiger partial charge in [-0.05, 0) is 93.0 Å². The van der Waals surface area contributed by atoms with E-state index in [2.05, 4.69) is 18.3 Å². The number of anilines is 1. The molecule has 34 heavy (non-hydrogen) atoms. The third kappa shape index (κ3) is 5.33. The molecule has 0 unspecified atom stereocenters. The summed E-state index contributed by atoms with van der Waals surface area (Å²) < 4.78 is 5.50. The molecule has 178 valence electrons. The Morgan fingerprint density at radius 2 is 1.94 bits per heavy atom. The van der Waals surface area contributed by atoms with Crippen molar-refractivity contribution in [2.24, 2.45) is 4.99 Å². The van der Waals surface area contributed by atoms with Gasteiger partial charge in [0.2, 0.25) is 0 Å². The first kappa shape index (κ1) is 24.0. The van der Waals surface area contributed by atoms with Crippen molar-refractivity contribution >= 4 is 34.1 Å². The van der Waals surface area contributed by atoms with Gasteiger partial charge in [-0.2, -0.15) is 0 Å². The van der Waals surface area contributed by atoms with E-state index in [9.17, 15) is 9.90 Å². The molecule has 0 saturated carbocycles. The lowest BCUT2D eigenvalue weighted by molar-refractivity contribution is 0.102. The van der Waals surface area contributed by atoms with Crippen molar-refractivity contribution in [2.45, 2.75) is 59.3 Å². The minimum absolute atomic E-state index is 0.0976. The zero-order valence-corrected chi connectivity index (χ0v) is 20.9. The number of aliphatic imine (C=N–C) groups is 1. The summed E-state index contributed by atoms with van der Waals surface area (Å²) in [6.45, 7) is 6.43. The number of nitrogens with one attached hydrogen (secondary N) is 1. The number of fused-ring (bicyclic) bond motifs is 1. The quantitative estimate of drug-likeness (QED) is 0.372. The van der Waals surface area contributed by atoms with E-state index in [0.717, 1.165) is 58.6 Å². The molecule has 3 aromatic rings. The number of thiophene rings is 1. The number of amides is 1. The molecule has 1 aliphatic carbocycles. The lowest BCUT2D eigenvalue weighted by atomic mass is 9.96. The predicted octanol–water partition coefficient (Wildman–Crippen LogP) is 7.13. The molecule has 5 nitrogen and oxygen atoms in total. The largest absolute Gasteiger partial charge is 0.504 e. The number of aryl methyl sites for hydroxylation is 2. The molecule has 6 heteroatoms. The number of carbonyl (C=O) groups is 1. The molecule has 2 N–H and O–H groups in total. The van der Waals surface area contributed by atoms with Crippen LogP contribution in [0.2, 0.25) is 0 Å².